The number of hydrogen-bond donors (Lipinski definition) is 2. The standard InChI is InChI=1S/C13H16FN3O/c14-8-4-9(15)6-10(5-8)17-3-1-2-11-12(17)7-16-13(11)18/h4-6,11-12H,1-3,7,15H2,(H,16,18). The van der Waals surface area contributed by atoms with Gasteiger partial charge >= 0.3 is 0 Å². The summed E-state index contributed by atoms with van der Waals surface area (Å²) in [5, 5.41) is 2.88. The highest BCUT2D eigenvalue weighted by Gasteiger charge is 2.40. The van der Waals surface area contributed by atoms with Crippen LogP contribution in [-0.4, -0.2) is 25.0 Å². The van der Waals surface area contributed by atoms with Crippen LogP contribution in [-0.2, 0) is 4.79 Å². The molecule has 3 rings (SSSR count). The van der Waals surface area contributed by atoms with Crippen LogP contribution in [0, 0.1) is 11.7 Å². The molecule has 2 heterocycles. The third-order valence-electron chi connectivity index (χ3n) is 3.84. The first kappa shape index (κ1) is 11.3. The number of nitrogens with one attached hydrogen (secondary N) is 1. The molecule has 4 nitrogen and oxygen atoms in total. The zero-order valence-electron chi connectivity index (χ0n) is 10.0. The Kier molecular flexibility index (Phi) is 2.61. The van der Waals surface area contributed by atoms with Gasteiger partial charge < -0.3 is 16.0 Å². The van der Waals surface area contributed by atoms with Gasteiger partial charge in [-0.15, -0.1) is 0 Å². The van der Waals surface area contributed by atoms with E-state index in [1.807, 2.05) is 0 Å². The number of rotatable bonds is 1. The van der Waals surface area contributed by atoms with Crippen LogP contribution in [0.1, 0.15) is 12.8 Å². The van der Waals surface area contributed by atoms with E-state index >= 15 is 0 Å². The van der Waals surface area contributed by atoms with Gasteiger partial charge in [0.05, 0.1) is 12.0 Å². The Balaban J connectivity index is 1.93. The van der Waals surface area contributed by atoms with Crippen molar-refractivity contribution in [2.45, 2.75) is 18.9 Å². The van der Waals surface area contributed by atoms with Crippen molar-refractivity contribution in [2.24, 2.45) is 5.92 Å². The van der Waals surface area contributed by atoms with Crippen molar-refractivity contribution in [3.63, 3.8) is 0 Å². The molecule has 0 radical (unpaired) electrons. The lowest BCUT2D eigenvalue weighted by Gasteiger charge is -2.37. The number of nitrogen functional groups attached to an aromatic ring is 1. The van der Waals surface area contributed by atoms with Gasteiger partial charge in [-0.2, -0.15) is 0 Å². The van der Waals surface area contributed by atoms with Crippen molar-refractivity contribution < 1.29 is 9.18 Å². The predicted molar refractivity (Wildman–Crippen MR) is 67.7 cm³/mol. The summed E-state index contributed by atoms with van der Waals surface area (Å²) in [5.74, 6) is -0.179. The molecule has 1 aromatic carbocycles. The topological polar surface area (TPSA) is 58.4 Å². The Hall–Kier alpha value is -1.78. The number of piperidine rings is 1. The van der Waals surface area contributed by atoms with E-state index in [1.165, 1.54) is 12.1 Å². The lowest BCUT2D eigenvalue weighted by atomic mass is 9.91. The number of anilines is 2. The maximum absolute atomic E-state index is 13.4. The van der Waals surface area contributed by atoms with E-state index in [1.54, 1.807) is 6.07 Å². The highest BCUT2D eigenvalue weighted by Crippen LogP contribution is 2.32. The molecule has 2 aliphatic rings. The fraction of sp³-hybridized carbons (Fsp3) is 0.462. The van der Waals surface area contributed by atoms with Crippen LogP contribution in [0.4, 0.5) is 15.8 Å². The molecule has 5 heteroatoms. The van der Waals surface area contributed by atoms with Crippen LogP contribution in [0.5, 0.6) is 0 Å². The first-order valence-electron chi connectivity index (χ1n) is 6.25. The number of carbonyl (C=O) groups is 1. The molecule has 1 amide bonds. The lowest BCUT2D eigenvalue weighted by molar-refractivity contribution is -0.122. The monoisotopic (exact) mass is 249 g/mol. The van der Waals surface area contributed by atoms with E-state index in [0.29, 0.717) is 12.2 Å². The minimum absolute atomic E-state index is 0.0308. The van der Waals surface area contributed by atoms with E-state index in [0.717, 1.165) is 25.1 Å². The largest absolute Gasteiger partial charge is 0.399 e. The second-order valence-corrected chi connectivity index (χ2v) is 5.00. The van der Waals surface area contributed by atoms with Gasteiger partial charge in [0.15, 0.2) is 0 Å². The Morgan fingerprint density at radius 3 is 3.00 bits per heavy atom. The maximum atomic E-state index is 13.4. The summed E-state index contributed by atoms with van der Waals surface area (Å²) >= 11 is 0. The average Bonchev–Trinajstić information content (AvgIpc) is 2.70. The van der Waals surface area contributed by atoms with Gasteiger partial charge in [0, 0.05) is 24.5 Å². The summed E-state index contributed by atoms with van der Waals surface area (Å²) in [6.07, 6.45) is 1.86. The first-order valence-corrected chi connectivity index (χ1v) is 6.25. The SMILES string of the molecule is Nc1cc(F)cc(N2CCCC3C(=O)NCC32)c1. The van der Waals surface area contributed by atoms with Crippen molar-refractivity contribution in [3.8, 4) is 0 Å². The highest BCUT2D eigenvalue weighted by molar-refractivity contribution is 5.83. The predicted octanol–water partition coefficient (Wildman–Crippen LogP) is 1.12. The quantitative estimate of drug-likeness (QED) is 0.733. The summed E-state index contributed by atoms with van der Waals surface area (Å²) in [6, 6.07) is 4.70. The minimum atomic E-state index is -0.329. The number of carbonyl (C=O) groups excluding carboxylic acids is 1. The molecule has 1 aromatic rings. The fourth-order valence-electron chi connectivity index (χ4n) is 3.03. The van der Waals surface area contributed by atoms with Crippen molar-refractivity contribution >= 4 is 17.3 Å². The van der Waals surface area contributed by atoms with Crippen molar-refractivity contribution in [1.82, 2.24) is 5.32 Å². The number of benzene rings is 1. The molecule has 96 valence electrons. The Morgan fingerprint density at radius 2 is 2.22 bits per heavy atom. The number of nitrogens with two attached hydrogens (primary N) is 1. The van der Waals surface area contributed by atoms with Crippen LogP contribution in [0.2, 0.25) is 0 Å². The average molecular weight is 249 g/mol. The minimum Gasteiger partial charge on any atom is -0.399 e. The second kappa shape index (κ2) is 4.15. The molecule has 2 unspecified atom stereocenters. The normalized spacial score (nSPS) is 26.9. The molecule has 0 saturated carbocycles. The molecule has 2 fully saturated rings. The van der Waals surface area contributed by atoms with Crippen LogP contribution >= 0.6 is 0 Å². The molecule has 2 aliphatic heterocycles. The van der Waals surface area contributed by atoms with E-state index in [-0.39, 0.29) is 23.7 Å². The van der Waals surface area contributed by atoms with Crippen LogP contribution in [0.25, 0.3) is 0 Å². The number of nitrogens with zero attached hydrogens (tertiary/aromatic N) is 1. The molecule has 0 spiro atoms. The molecular weight excluding hydrogens is 233 g/mol. The summed E-state index contributed by atoms with van der Waals surface area (Å²) < 4.78 is 13.4. The van der Waals surface area contributed by atoms with Gasteiger partial charge in [0.25, 0.3) is 0 Å². The van der Waals surface area contributed by atoms with Crippen molar-refractivity contribution in [3.05, 3.63) is 24.0 Å². The molecule has 3 N–H and O–H groups in total. The van der Waals surface area contributed by atoms with E-state index in [4.69, 9.17) is 5.73 Å². The summed E-state index contributed by atoms with van der Waals surface area (Å²) in [5.41, 5.74) is 6.88. The zero-order valence-corrected chi connectivity index (χ0v) is 10.0. The molecule has 18 heavy (non-hydrogen) atoms. The lowest BCUT2D eigenvalue weighted by Crippen LogP contribution is -2.45. The van der Waals surface area contributed by atoms with Crippen molar-refractivity contribution in [2.75, 3.05) is 23.7 Å². The maximum Gasteiger partial charge on any atom is 0.225 e. The second-order valence-electron chi connectivity index (χ2n) is 5.00. The smallest absolute Gasteiger partial charge is 0.225 e. The van der Waals surface area contributed by atoms with Gasteiger partial charge in [0.2, 0.25) is 5.91 Å². The van der Waals surface area contributed by atoms with Crippen LogP contribution in [0.15, 0.2) is 18.2 Å². The third-order valence-corrected chi connectivity index (χ3v) is 3.84. The zero-order chi connectivity index (χ0) is 12.7. The molecular formula is C13H16FN3O. The van der Waals surface area contributed by atoms with Crippen LogP contribution in [0.3, 0.4) is 0 Å². The van der Waals surface area contributed by atoms with Gasteiger partial charge in [-0.05, 0) is 31.0 Å². The van der Waals surface area contributed by atoms with E-state index < -0.39 is 0 Å². The van der Waals surface area contributed by atoms with E-state index in [9.17, 15) is 9.18 Å². The van der Waals surface area contributed by atoms with E-state index in [2.05, 4.69) is 10.2 Å². The number of amides is 1. The summed E-state index contributed by atoms with van der Waals surface area (Å²) in [7, 11) is 0. The highest BCUT2D eigenvalue weighted by atomic mass is 19.1. The summed E-state index contributed by atoms with van der Waals surface area (Å²) in [4.78, 5) is 13.8. The molecule has 0 bridgehead atoms. The molecule has 2 saturated heterocycles. The van der Waals surface area contributed by atoms with Crippen LogP contribution < -0.4 is 16.0 Å². The number of halogens is 1. The first-order chi connectivity index (χ1) is 8.65. The Bertz CT molecular complexity index is 471. The number of fused-ring (bicyclic) bond motifs is 1. The van der Waals surface area contributed by atoms with Gasteiger partial charge in [-0.25, -0.2) is 4.39 Å². The molecule has 0 aliphatic carbocycles. The third kappa shape index (κ3) is 1.79. The van der Waals surface area contributed by atoms with Gasteiger partial charge in [-0.3, -0.25) is 4.79 Å². The molecule has 0 aromatic heterocycles. The fourth-order valence-corrected chi connectivity index (χ4v) is 3.03. The number of hydrogen-bond acceptors (Lipinski definition) is 3. The summed E-state index contributed by atoms with van der Waals surface area (Å²) in [6.45, 7) is 1.49. The van der Waals surface area contributed by atoms with Crippen molar-refractivity contribution in [1.29, 1.82) is 0 Å². The van der Waals surface area contributed by atoms with Gasteiger partial charge in [-0.1, -0.05) is 0 Å². The van der Waals surface area contributed by atoms with Gasteiger partial charge in [0.1, 0.15) is 5.82 Å². The Labute approximate surface area is 105 Å². The molecule has 2 atom stereocenters. The Morgan fingerprint density at radius 1 is 1.39 bits per heavy atom.